The molecule has 0 aromatic heterocycles. The van der Waals surface area contributed by atoms with E-state index in [4.69, 9.17) is 16.9 Å². The molecule has 0 aliphatic heterocycles. The van der Waals surface area contributed by atoms with Gasteiger partial charge in [-0.2, -0.15) is 5.26 Å². The molecule has 102 valence electrons. The van der Waals surface area contributed by atoms with Gasteiger partial charge in [0.2, 0.25) is 15.9 Å². The van der Waals surface area contributed by atoms with Crippen molar-refractivity contribution in [3.8, 4) is 6.07 Å². The Kier molecular flexibility index (Phi) is 5.30. The van der Waals surface area contributed by atoms with Gasteiger partial charge in [-0.25, -0.2) is 13.1 Å². The fourth-order valence-corrected chi connectivity index (χ4v) is 2.81. The van der Waals surface area contributed by atoms with Gasteiger partial charge < -0.3 is 5.32 Å². The third-order valence-electron chi connectivity index (χ3n) is 2.15. The molecule has 8 heteroatoms. The second-order valence-corrected chi connectivity index (χ2v) is 5.68. The Morgan fingerprint density at radius 1 is 1.47 bits per heavy atom. The van der Waals surface area contributed by atoms with Gasteiger partial charge >= 0.3 is 0 Å². The molecule has 1 aromatic rings. The second kappa shape index (κ2) is 6.52. The van der Waals surface area contributed by atoms with E-state index < -0.39 is 15.9 Å². The number of amides is 1. The van der Waals surface area contributed by atoms with Crippen molar-refractivity contribution in [3.63, 3.8) is 0 Å². The van der Waals surface area contributed by atoms with E-state index >= 15 is 0 Å². The maximum absolute atomic E-state index is 11.9. The van der Waals surface area contributed by atoms with Crippen LogP contribution in [0.15, 0.2) is 23.1 Å². The summed E-state index contributed by atoms with van der Waals surface area (Å²) in [6, 6.07) is 5.66. The van der Waals surface area contributed by atoms with Gasteiger partial charge in [0, 0.05) is 6.54 Å². The van der Waals surface area contributed by atoms with Crippen LogP contribution in [0.2, 0.25) is 5.02 Å². The van der Waals surface area contributed by atoms with Crippen molar-refractivity contribution in [2.75, 3.05) is 13.1 Å². The first-order chi connectivity index (χ1) is 8.90. The van der Waals surface area contributed by atoms with Crippen molar-refractivity contribution in [1.82, 2.24) is 10.0 Å². The molecule has 0 unspecified atom stereocenters. The lowest BCUT2D eigenvalue weighted by Gasteiger charge is -2.08. The molecule has 0 saturated heterocycles. The van der Waals surface area contributed by atoms with E-state index in [-0.39, 0.29) is 22.0 Å². The molecule has 0 aliphatic rings. The molecule has 0 saturated carbocycles. The summed E-state index contributed by atoms with van der Waals surface area (Å²) in [4.78, 5) is 11.0. The van der Waals surface area contributed by atoms with Gasteiger partial charge in [-0.15, -0.1) is 0 Å². The third-order valence-corrected chi connectivity index (χ3v) is 4.03. The highest BCUT2D eigenvalue weighted by Gasteiger charge is 2.18. The second-order valence-electron chi connectivity index (χ2n) is 3.54. The molecule has 1 rings (SSSR count). The summed E-state index contributed by atoms with van der Waals surface area (Å²) in [7, 11) is -3.88. The van der Waals surface area contributed by atoms with Gasteiger partial charge in [0.15, 0.2) is 0 Å². The standard InChI is InChI=1S/C11H12ClN3O3S/c1-2-14-11(16)7-15-19(17,18)10-4-3-8(6-13)5-9(10)12/h3-5,15H,2,7H2,1H3,(H,14,16). The lowest BCUT2D eigenvalue weighted by molar-refractivity contribution is -0.119. The Morgan fingerprint density at radius 2 is 2.16 bits per heavy atom. The van der Waals surface area contributed by atoms with E-state index in [1.54, 1.807) is 6.92 Å². The number of sulfonamides is 1. The van der Waals surface area contributed by atoms with Gasteiger partial charge in [0.05, 0.1) is 23.2 Å². The van der Waals surface area contributed by atoms with E-state index in [2.05, 4.69) is 10.0 Å². The lowest BCUT2D eigenvalue weighted by Crippen LogP contribution is -2.36. The zero-order chi connectivity index (χ0) is 14.5. The van der Waals surface area contributed by atoms with Crippen molar-refractivity contribution in [2.45, 2.75) is 11.8 Å². The van der Waals surface area contributed by atoms with Crippen LogP contribution in [-0.4, -0.2) is 27.4 Å². The van der Waals surface area contributed by atoms with E-state index in [0.717, 1.165) is 0 Å². The quantitative estimate of drug-likeness (QED) is 0.833. The molecule has 0 spiro atoms. The van der Waals surface area contributed by atoms with Crippen LogP contribution < -0.4 is 10.0 Å². The number of nitrogens with one attached hydrogen (secondary N) is 2. The fourth-order valence-electron chi connectivity index (χ4n) is 1.29. The molecule has 19 heavy (non-hydrogen) atoms. The van der Waals surface area contributed by atoms with Gasteiger partial charge in [-0.05, 0) is 25.1 Å². The average molecular weight is 302 g/mol. The number of nitriles is 1. The minimum Gasteiger partial charge on any atom is -0.355 e. The molecule has 0 bridgehead atoms. The molecule has 1 aromatic carbocycles. The smallest absolute Gasteiger partial charge is 0.242 e. The van der Waals surface area contributed by atoms with Crippen LogP contribution >= 0.6 is 11.6 Å². The Morgan fingerprint density at radius 3 is 2.68 bits per heavy atom. The molecule has 0 heterocycles. The molecule has 0 fully saturated rings. The average Bonchev–Trinajstić information content (AvgIpc) is 2.36. The number of likely N-dealkylation sites (N-methyl/N-ethyl adjacent to an activating group) is 1. The Labute approximate surface area is 116 Å². The van der Waals surface area contributed by atoms with Crippen LogP contribution in [-0.2, 0) is 14.8 Å². The molecule has 1 amide bonds. The molecule has 2 N–H and O–H groups in total. The fraction of sp³-hybridized carbons (Fsp3) is 0.273. The number of rotatable bonds is 5. The van der Waals surface area contributed by atoms with E-state index in [1.165, 1.54) is 18.2 Å². The highest BCUT2D eigenvalue weighted by Crippen LogP contribution is 2.22. The normalized spacial score (nSPS) is 10.8. The third kappa shape index (κ3) is 4.21. The van der Waals surface area contributed by atoms with Gasteiger partial charge in [0.25, 0.3) is 0 Å². The monoisotopic (exact) mass is 301 g/mol. The summed E-state index contributed by atoms with van der Waals surface area (Å²) in [6.07, 6.45) is 0. The largest absolute Gasteiger partial charge is 0.355 e. The summed E-state index contributed by atoms with van der Waals surface area (Å²) in [6.45, 7) is 1.77. The highest BCUT2D eigenvalue weighted by molar-refractivity contribution is 7.89. The number of benzene rings is 1. The van der Waals surface area contributed by atoms with Crippen molar-refractivity contribution >= 4 is 27.5 Å². The molecule has 0 aliphatic carbocycles. The summed E-state index contributed by atoms with van der Waals surface area (Å²) in [5, 5.41) is 11.1. The molecule has 6 nitrogen and oxygen atoms in total. The summed E-state index contributed by atoms with van der Waals surface area (Å²) in [5.41, 5.74) is 0.257. The number of carbonyl (C=O) groups is 1. The van der Waals surface area contributed by atoms with Crippen LogP contribution in [0.4, 0.5) is 0 Å². The van der Waals surface area contributed by atoms with Crippen molar-refractivity contribution in [1.29, 1.82) is 5.26 Å². The highest BCUT2D eigenvalue weighted by atomic mass is 35.5. The summed E-state index contributed by atoms with van der Waals surface area (Å²) < 4.78 is 25.9. The van der Waals surface area contributed by atoms with Gasteiger partial charge in [-0.3, -0.25) is 4.79 Å². The Hall–Kier alpha value is -1.62. The van der Waals surface area contributed by atoms with Crippen molar-refractivity contribution in [2.24, 2.45) is 0 Å². The SMILES string of the molecule is CCNC(=O)CNS(=O)(=O)c1ccc(C#N)cc1Cl. The first kappa shape index (κ1) is 15.4. The first-order valence-electron chi connectivity index (χ1n) is 5.36. The maximum Gasteiger partial charge on any atom is 0.242 e. The van der Waals surface area contributed by atoms with Gasteiger partial charge in [-0.1, -0.05) is 11.6 Å². The molecular weight excluding hydrogens is 290 g/mol. The number of hydrogen-bond donors (Lipinski definition) is 2. The van der Waals surface area contributed by atoms with E-state index in [0.29, 0.717) is 6.54 Å². The van der Waals surface area contributed by atoms with Crippen LogP contribution in [0, 0.1) is 11.3 Å². The molecule has 0 atom stereocenters. The Bertz CT molecular complexity index is 623. The minimum atomic E-state index is -3.88. The summed E-state index contributed by atoms with van der Waals surface area (Å²) >= 11 is 5.80. The minimum absolute atomic E-state index is 0.0672. The van der Waals surface area contributed by atoms with Crippen molar-refractivity contribution in [3.05, 3.63) is 28.8 Å². The molecular formula is C11H12ClN3O3S. The number of carbonyl (C=O) groups excluding carboxylic acids is 1. The van der Waals surface area contributed by atoms with Crippen LogP contribution in [0.1, 0.15) is 12.5 Å². The Balaban J connectivity index is 2.89. The summed E-state index contributed by atoms with van der Waals surface area (Å²) in [5.74, 6) is -0.434. The predicted molar refractivity (Wildman–Crippen MR) is 70.0 cm³/mol. The van der Waals surface area contributed by atoms with Gasteiger partial charge in [0.1, 0.15) is 4.90 Å². The lowest BCUT2D eigenvalue weighted by atomic mass is 10.2. The zero-order valence-electron chi connectivity index (χ0n) is 10.1. The first-order valence-corrected chi connectivity index (χ1v) is 7.23. The predicted octanol–water partition coefficient (Wildman–Crippen LogP) is 0.626. The van der Waals surface area contributed by atoms with Crippen molar-refractivity contribution < 1.29 is 13.2 Å². The maximum atomic E-state index is 11.9. The topological polar surface area (TPSA) is 99.1 Å². The number of halogens is 1. The molecule has 0 radical (unpaired) electrons. The van der Waals surface area contributed by atoms with E-state index in [9.17, 15) is 13.2 Å². The number of nitrogens with zero attached hydrogens (tertiary/aromatic N) is 1. The van der Waals surface area contributed by atoms with Crippen LogP contribution in [0.3, 0.4) is 0 Å². The van der Waals surface area contributed by atoms with Crippen LogP contribution in [0.5, 0.6) is 0 Å². The van der Waals surface area contributed by atoms with Crippen LogP contribution in [0.25, 0.3) is 0 Å². The van der Waals surface area contributed by atoms with E-state index in [1.807, 2.05) is 6.07 Å². The zero-order valence-corrected chi connectivity index (χ0v) is 11.7. The number of hydrogen-bond acceptors (Lipinski definition) is 4.